The first-order valence-electron chi connectivity index (χ1n) is 12.0. The first kappa shape index (κ1) is 21.3. The summed E-state index contributed by atoms with van der Waals surface area (Å²) >= 11 is 0. The van der Waals surface area contributed by atoms with Gasteiger partial charge in [0.15, 0.2) is 0 Å². The highest BCUT2D eigenvalue weighted by molar-refractivity contribution is 6.30. The van der Waals surface area contributed by atoms with Gasteiger partial charge in [-0.1, -0.05) is 18.2 Å². The van der Waals surface area contributed by atoms with E-state index in [1.807, 2.05) is 60.7 Å². The van der Waals surface area contributed by atoms with Gasteiger partial charge in [0.25, 0.3) is 0 Å². The number of amidine groups is 1. The highest BCUT2D eigenvalue weighted by atomic mass is 16.5. The first-order valence-corrected chi connectivity index (χ1v) is 12.0. The third-order valence-corrected chi connectivity index (χ3v) is 6.65. The standard InChI is InChI=1S/C28H27N5O2/c29-27-26(28-30-23-14-11-20(17-24(23)31-28)32-15-5-2-6-16-32)25(34)18-33(27)19-9-12-22(13-10-19)35-21-7-3-1-4-8-21/h1,3-4,7-14,17,29,34H,2,5-6,15-16,18H2,(H,30,31). The summed E-state index contributed by atoms with van der Waals surface area (Å²) in [5, 5.41) is 19.6. The summed E-state index contributed by atoms with van der Waals surface area (Å²) in [4.78, 5) is 12.2. The van der Waals surface area contributed by atoms with Crippen LogP contribution in [0, 0.1) is 5.41 Å². The molecular weight excluding hydrogens is 438 g/mol. The fourth-order valence-corrected chi connectivity index (χ4v) is 4.83. The maximum atomic E-state index is 10.8. The second-order valence-electron chi connectivity index (χ2n) is 9.00. The Balaban J connectivity index is 1.22. The molecule has 0 spiro atoms. The van der Waals surface area contributed by atoms with Crippen LogP contribution in [0.25, 0.3) is 16.6 Å². The van der Waals surface area contributed by atoms with Gasteiger partial charge in [-0.15, -0.1) is 0 Å². The molecule has 0 unspecified atom stereocenters. The Bertz CT molecular complexity index is 1400. The minimum Gasteiger partial charge on any atom is -0.509 e. The summed E-state index contributed by atoms with van der Waals surface area (Å²) in [6, 6.07) is 23.4. The number of benzene rings is 3. The van der Waals surface area contributed by atoms with Crippen LogP contribution in [0.2, 0.25) is 0 Å². The lowest BCUT2D eigenvalue weighted by molar-refractivity contribution is 0.411. The normalized spacial score (nSPS) is 16.4. The van der Waals surface area contributed by atoms with Gasteiger partial charge >= 0.3 is 0 Å². The van der Waals surface area contributed by atoms with E-state index in [4.69, 9.17) is 15.1 Å². The summed E-state index contributed by atoms with van der Waals surface area (Å²) in [5.74, 6) is 2.35. The first-order chi connectivity index (χ1) is 17.2. The van der Waals surface area contributed by atoms with E-state index < -0.39 is 0 Å². The molecule has 0 radical (unpaired) electrons. The van der Waals surface area contributed by atoms with E-state index in [1.54, 1.807) is 4.90 Å². The van der Waals surface area contributed by atoms with Crippen LogP contribution in [0.3, 0.4) is 0 Å². The molecule has 3 N–H and O–H groups in total. The second-order valence-corrected chi connectivity index (χ2v) is 9.00. The number of aliphatic hydroxyl groups is 1. The summed E-state index contributed by atoms with van der Waals surface area (Å²) in [7, 11) is 0. The fourth-order valence-electron chi connectivity index (χ4n) is 4.83. The number of anilines is 2. The van der Waals surface area contributed by atoms with Crippen LogP contribution < -0.4 is 14.5 Å². The number of H-pyrrole nitrogens is 1. The van der Waals surface area contributed by atoms with Crippen LogP contribution in [0.1, 0.15) is 25.1 Å². The van der Waals surface area contributed by atoms with Gasteiger partial charge in [-0.25, -0.2) is 4.98 Å². The molecule has 3 aromatic carbocycles. The number of para-hydroxylation sites is 1. The van der Waals surface area contributed by atoms with Gasteiger partial charge in [0, 0.05) is 24.5 Å². The average Bonchev–Trinajstić information content (AvgIpc) is 3.44. The van der Waals surface area contributed by atoms with Crippen LogP contribution in [0.5, 0.6) is 11.5 Å². The van der Waals surface area contributed by atoms with Crippen LogP contribution in [0.15, 0.2) is 78.6 Å². The van der Waals surface area contributed by atoms with Crippen molar-refractivity contribution in [2.45, 2.75) is 19.3 Å². The Morgan fingerprint density at radius 2 is 1.57 bits per heavy atom. The SMILES string of the molecule is N=C1C(c2nc3ccc(N4CCCCC4)cc3[nH]2)=C(O)CN1c1ccc(Oc2ccccc2)cc1. The van der Waals surface area contributed by atoms with Crippen molar-refractivity contribution in [2.24, 2.45) is 0 Å². The Morgan fingerprint density at radius 3 is 2.34 bits per heavy atom. The van der Waals surface area contributed by atoms with Crippen molar-refractivity contribution in [3.63, 3.8) is 0 Å². The van der Waals surface area contributed by atoms with Crippen molar-refractivity contribution in [1.82, 2.24) is 9.97 Å². The quantitative estimate of drug-likeness (QED) is 0.331. The average molecular weight is 466 g/mol. The van der Waals surface area contributed by atoms with Crippen LogP contribution in [-0.4, -0.2) is 40.5 Å². The van der Waals surface area contributed by atoms with E-state index in [9.17, 15) is 5.11 Å². The molecule has 7 heteroatoms. The number of aliphatic hydroxyl groups excluding tert-OH is 1. The van der Waals surface area contributed by atoms with Crippen molar-refractivity contribution in [3.8, 4) is 11.5 Å². The zero-order valence-corrected chi connectivity index (χ0v) is 19.4. The molecule has 35 heavy (non-hydrogen) atoms. The number of hydrogen-bond donors (Lipinski definition) is 3. The monoisotopic (exact) mass is 465 g/mol. The number of hydrogen-bond acceptors (Lipinski definition) is 5. The summed E-state index contributed by atoms with van der Waals surface area (Å²) in [6.07, 6.45) is 3.74. The van der Waals surface area contributed by atoms with E-state index in [0.29, 0.717) is 17.1 Å². The molecule has 176 valence electrons. The van der Waals surface area contributed by atoms with Gasteiger partial charge in [0.05, 0.1) is 23.2 Å². The highest BCUT2D eigenvalue weighted by Gasteiger charge is 2.31. The highest BCUT2D eigenvalue weighted by Crippen LogP contribution is 2.33. The molecule has 1 aromatic heterocycles. The number of aromatic amines is 1. The van der Waals surface area contributed by atoms with E-state index in [2.05, 4.69) is 22.0 Å². The maximum absolute atomic E-state index is 10.8. The molecule has 3 heterocycles. The van der Waals surface area contributed by atoms with Gasteiger partial charge in [-0.3, -0.25) is 5.41 Å². The second kappa shape index (κ2) is 8.83. The molecule has 0 aliphatic carbocycles. The van der Waals surface area contributed by atoms with Gasteiger partial charge in [-0.05, 0) is 73.9 Å². The lowest BCUT2D eigenvalue weighted by Crippen LogP contribution is -2.29. The van der Waals surface area contributed by atoms with Crippen molar-refractivity contribution in [1.29, 1.82) is 5.41 Å². The number of rotatable bonds is 5. The number of aromatic nitrogens is 2. The fraction of sp³-hybridized carbons (Fsp3) is 0.214. The third-order valence-electron chi connectivity index (χ3n) is 6.65. The molecule has 0 atom stereocenters. The number of piperidine rings is 1. The summed E-state index contributed by atoms with van der Waals surface area (Å²) in [6.45, 7) is 2.38. The van der Waals surface area contributed by atoms with Crippen molar-refractivity contribution >= 4 is 33.8 Å². The number of nitrogens with one attached hydrogen (secondary N) is 2. The Labute approximate surface area is 203 Å². The smallest absolute Gasteiger partial charge is 0.145 e. The van der Waals surface area contributed by atoms with Crippen LogP contribution >= 0.6 is 0 Å². The number of nitrogens with zero attached hydrogens (tertiary/aromatic N) is 3. The molecule has 0 amide bonds. The zero-order chi connectivity index (χ0) is 23.8. The maximum Gasteiger partial charge on any atom is 0.145 e. The molecule has 7 nitrogen and oxygen atoms in total. The lowest BCUT2D eigenvalue weighted by Gasteiger charge is -2.28. The predicted molar refractivity (Wildman–Crippen MR) is 140 cm³/mol. The van der Waals surface area contributed by atoms with Crippen molar-refractivity contribution < 1.29 is 9.84 Å². The molecule has 6 rings (SSSR count). The number of fused-ring (bicyclic) bond motifs is 1. The minimum absolute atomic E-state index is 0.134. The lowest BCUT2D eigenvalue weighted by atomic mass is 10.1. The molecule has 2 aliphatic rings. The molecular formula is C28H27N5O2. The van der Waals surface area contributed by atoms with Crippen LogP contribution in [0.4, 0.5) is 11.4 Å². The third kappa shape index (κ3) is 4.10. The summed E-state index contributed by atoms with van der Waals surface area (Å²) < 4.78 is 5.87. The van der Waals surface area contributed by atoms with E-state index in [1.165, 1.54) is 24.9 Å². The molecule has 0 saturated carbocycles. The Hall–Kier alpha value is -4.26. The minimum atomic E-state index is 0.134. The predicted octanol–water partition coefficient (Wildman–Crippen LogP) is 6.11. The van der Waals surface area contributed by atoms with E-state index in [0.717, 1.165) is 35.6 Å². The molecule has 0 bridgehead atoms. The van der Waals surface area contributed by atoms with Crippen LogP contribution in [-0.2, 0) is 0 Å². The van der Waals surface area contributed by atoms with Gasteiger partial charge in [-0.2, -0.15) is 0 Å². The largest absolute Gasteiger partial charge is 0.509 e. The number of ether oxygens (including phenoxy) is 1. The number of imidazole rings is 1. The van der Waals surface area contributed by atoms with Gasteiger partial charge in [0.2, 0.25) is 0 Å². The topological polar surface area (TPSA) is 88.5 Å². The van der Waals surface area contributed by atoms with Gasteiger partial charge < -0.3 is 24.6 Å². The Kier molecular flexibility index (Phi) is 5.37. The molecule has 1 saturated heterocycles. The Morgan fingerprint density at radius 1 is 0.857 bits per heavy atom. The van der Waals surface area contributed by atoms with E-state index in [-0.39, 0.29) is 18.1 Å². The van der Waals surface area contributed by atoms with Crippen molar-refractivity contribution in [2.75, 3.05) is 29.4 Å². The molecule has 2 aliphatic heterocycles. The van der Waals surface area contributed by atoms with Gasteiger partial charge in [0.1, 0.15) is 28.9 Å². The zero-order valence-electron chi connectivity index (χ0n) is 19.4. The van der Waals surface area contributed by atoms with Crippen molar-refractivity contribution in [3.05, 3.63) is 84.4 Å². The summed E-state index contributed by atoms with van der Waals surface area (Å²) in [5.41, 5.74) is 4.17. The molecule has 1 fully saturated rings. The van der Waals surface area contributed by atoms with E-state index >= 15 is 0 Å². The molecule has 4 aromatic rings.